The molecular formula is C29H41N3O5. The first-order chi connectivity index (χ1) is 17.6. The number of carbonyl (C=O) groups excluding carboxylic acids is 3. The maximum Gasteiger partial charge on any atom is 0.246 e. The number of amides is 3. The predicted molar refractivity (Wildman–Crippen MR) is 139 cm³/mol. The van der Waals surface area contributed by atoms with Gasteiger partial charge in [0.15, 0.2) is 0 Å². The second kappa shape index (κ2) is 9.70. The third kappa shape index (κ3) is 4.07. The molecule has 37 heavy (non-hydrogen) atoms. The van der Waals surface area contributed by atoms with Gasteiger partial charge in [0, 0.05) is 11.7 Å². The predicted octanol–water partition coefficient (Wildman–Crippen LogP) is 3.10. The van der Waals surface area contributed by atoms with Gasteiger partial charge >= 0.3 is 0 Å². The molecule has 8 nitrogen and oxygen atoms in total. The summed E-state index contributed by atoms with van der Waals surface area (Å²) in [7, 11) is 0. The number of nitrogens with one attached hydrogen (secondary N) is 2. The monoisotopic (exact) mass is 511 g/mol. The van der Waals surface area contributed by atoms with Crippen molar-refractivity contribution in [2.45, 2.75) is 95.5 Å². The van der Waals surface area contributed by atoms with Gasteiger partial charge in [-0.05, 0) is 50.2 Å². The van der Waals surface area contributed by atoms with Crippen LogP contribution in [0.5, 0.6) is 0 Å². The van der Waals surface area contributed by atoms with Gasteiger partial charge in [0.05, 0.1) is 30.1 Å². The van der Waals surface area contributed by atoms with E-state index in [1.807, 2.05) is 58.0 Å². The van der Waals surface area contributed by atoms with Gasteiger partial charge in [-0.3, -0.25) is 14.4 Å². The summed E-state index contributed by atoms with van der Waals surface area (Å²) in [5.41, 5.74) is -1.32. The van der Waals surface area contributed by atoms with Crippen LogP contribution in [0.25, 0.3) is 0 Å². The molecule has 2 bridgehead atoms. The van der Waals surface area contributed by atoms with Gasteiger partial charge in [-0.15, -0.1) is 0 Å². The van der Waals surface area contributed by atoms with E-state index >= 15 is 0 Å². The van der Waals surface area contributed by atoms with Crippen molar-refractivity contribution in [3.8, 4) is 0 Å². The average molecular weight is 512 g/mol. The van der Waals surface area contributed by atoms with Crippen molar-refractivity contribution in [2.24, 2.45) is 23.7 Å². The molecule has 1 aromatic carbocycles. The maximum atomic E-state index is 14.3. The van der Waals surface area contributed by atoms with Crippen molar-refractivity contribution < 1.29 is 24.2 Å². The second-order valence-corrected chi connectivity index (χ2v) is 12.1. The molecule has 3 aliphatic heterocycles. The number of fused-ring (bicyclic) bond motifs is 1. The summed E-state index contributed by atoms with van der Waals surface area (Å²) in [6.07, 6.45) is 5.68. The highest BCUT2D eigenvalue weighted by molar-refractivity contribution is 6.02. The van der Waals surface area contributed by atoms with Crippen molar-refractivity contribution in [1.82, 2.24) is 10.2 Å². The first-order valence-electron chi connectivity index (χ1n) is 13.9. The summed E-state index contributed by atoms with van der Waals surface area (Å²) in [5.74, 6) is -2.38. The van der Waals surface area contributed by atoms with E-state index in [1.54, 1.807) is 4.90 Å². The Kier molecular flexibility index (Phi) is 6.86. The normalized spacial score (nSPS) is 36.1. The molecule has 202 valence electrons. The fourth-order valence-electron chi connectivity index (χ4n) is 7.62. The lowest BCUT2D eigenvalue weighted by Crippen LogP contribution is -2.60. The number of rotatable bonds is 7. The Morgan fingerprint density at radius 2 is 1.81 bits per heavy atom. The van der Waals surface area contributed by atoms with Crippen LogP contribution in [0.1, 0.15) is 66.2 Å². The SMILES string of the molecule is CC(C)[C@H](CO)N1C(=O)[C@@H]2[C@@H](C(=O)Nc3ccccc3)[C@]3(C)OC2(CC3C)C1C(=O)NC1CCCCC1. The van der Waals surface area contributed by atoms with E-state index in [0.29, 0.717) is 12.1 Å². The van der Waals surface area contributed by atoms with E-state index in [9.17, 15) is 19.5 Å². The van der Waals surface area contributed by atoms with Crippen LogP contribution in [0.4, 0.5) is 5.69 Å². The van der Waals surface area contributed by atoms with Gasteiger partial charge in [0.1, 0.15) is 11.6 Å². The minimum Gasteiger partial charge on any atom is -0.394 e. The highest BCUT2D eigenvalue weighted by Gasteiger charge is 2.80. The largest absolute Gasteiger partial charge is 0.394 e. The van der Waals surface area contributed by atoms with Gasteiger partial charge in [-0.2, -0.15) is 0 Å². The Balaban J connectivity index is 1.54. The lowest BCUT2D eigenvalue weighted by Gasteiger charge is -2.39. The van der Waals surface area contributed by atoms with Crippen LogP contribution in [-0.2, 0) is 19.1 Å². The number of benzene rings is 1. The lowest BCUT2D eigenvalue weighted by atomic mass is 9.62. The Labute approximate surface area is 219 Å². The van der Waals surface area contributed by atoms with E-state index in [1.165, 1.54) is 6.42 Å². The van der Waals surface area contributed by atoms with E-state index in [4.69, 9.17) is 4.74 Å². The van der Waals surface area contributed by atoms with Gasteiger partial charge in [-0.1, -0.05) is 58.2 Å². The van der Waals surface area contributed by atoms with E-state index in [-0.39, 0.29) is 42.2 Å². The zero-order valence-corrected chi connectivity index (χ0v) is 22.4. The summed E-state index contributed by atoms with van der Waals surface area (Å²) in [4.78, 5) is 43.7. The molecule has 4 fully saturated rings. The van der Waals surface area contributed by atoms with Crippen molar-refractivity contribution >= 4 is 23.4 Å². The van der Waals surface area contributed by atoms with E-state index in [2.05, 4.69) is 10.6 Å². The summed E-state index contributed by atoms with van der Waals surface area (Å²) >= 11 is 0. The molecule has 7 atom stereocenters. The topological polar surface area (TPSA) is 108 Å². The van der Waals surface area contributed by atoms with Gasteiger partial charge < -0.3 is 25.4 Å². The standard InChI is InChI=1S/C29H41N3O5/c1-17(2)21(16-33)32-24(26(35)31-20-13-9-6-10-14-20)29-15-18(3)28(4,37-29)22(23(29)27(32)36)25(34)30-19-11-7-5-8-12-19/h5,7-8,11-12,17-18,20-24,33H,6,9-10,13-16H2,1-4H3,(H,30,34)(H,31,35)/t18?,21-,22-,23-,24?,28+,29?/m0/s1. The highest BCUT2D eigenvalue weighted by Crippen LogP contribution is 2.65. The fraction of sp³-hybridized carbons (Fsp3) is 0.690. The zero-order valence-electron chi connectivity index (χ0n) is 22.4. The molecule has 3 amide bonds. The van der Waals surface area contributed by atoms with Crippen molar-refractivity contribution in [2.75, 3.05) is 11.9 Å². The van der Waals surface area contributed by atoms with Crippen LogP contribution >= 0.6 is 0 Å². The molecule has 0 aromatic heterocycles. The Morgan fingerprint density at radius 1 is 1.14 bits per heavy atom. The quantitative estimate of drug-likeness (QED) is 0.521. The Hall–Kier alpha value is -2.45. The number of hydrogen-bond acceptors (Lipinski definition) is 5. The molecule has 5 rings (SSSR count). The molecule has 1 spiro atoms. The van der Waals surface area contributed by atoms with Gasteiger partial charge in [-0.25, -0.2) is 0 Å². The average Bonchev–Trinajstić information content (AvgIpc) is 3.37. The minimum absolute atomic E-state index is 0.0281. The molecule has 1 aliphatic carbocycles. The van der Waals surface area contributed by atoms with Gasteiger partial charge in [0.25, 0.3) is 0 Å². The molecule has 3 N–H and O–H groups in total. The summed E-state index contributed by atoms with van der Waals surface area (Å²) < 4.78 is 6.79. The number of carbonyl (C=O) groups is 3. The number of nitrogens with zero attached hydrogens (tertiary/aromatic N) is 1. The maximum absolute atomic E-state index is 14.3. The summed E-state index contributed by atoms with van der Waals surface area (Å²) in [5, 5.41) is 16.6. The molecule has 3 unspecified atom stereocenters. The van der Waals surface area contributed by atoms with Crippen LogP contribution in [0.15, 0.2) is 30.3 Å². The van der Waals surface area contributed by atoms with Crippen LogP contribution in [-0.4, -0.2) is 63.7 Å². The van der Waals surface area contributed by atoms with Gasteiger partial charge in [0.2, 0.25) is 17.7 Å². The van der Waals surface area contributed by atoms with E-state index in [0.717, 1.165) is 25.7 Å². The van der Waals surface area contributed by atoms with Crippen molar-refractivity contribution in [3.05, 3.63) is 30.3 Å². The third-order valence-corrected chi connectivity index (χ3v) is 9.59. The fourth-order valence-corrected chi connectivity index (χ4v) is 7.62. The number of anilines is 1. The number of aliphatic hydroxyl groups excluding tert-OH is 1. The molecule has 1 aromatic rings. The second-order valence-electron chi connectivity index (χ2n) is 12.1. The molecule has 3 saturated heterocycles. The molecule has 8 heteroatoms. The first kappa shape index (κ1) is 26.2. The molecular weight excluding hydrogens is 470 g/mol. The van der Waals surface area contributed by atoms with Crippen molar-refractivity contribution in [3.63, 3.8) is 0 Å². The number of ether oxygens (including phenoxy) is 1. The molecule has 1 saturated carbocycles. The molecule has 4 aliphatic rings. The molecule has 0 radical (unpaired) electrons. The number of aliphatic hydroxyl groups is 1. The Morgan fingerprint density at radius 3 is 2.43 bits per heavy atom. The lowest BCUT2D eigenvalue weighted by molar-refractivity contribution is -0.151. The third-order valence-electron chi connectivity index (χ3n) is 9.59. The number of likely N-dealkylation sites (tertiary alicyclic amines) is 1. The zero-order chi connectivity index (χ0) is 26.5. The number of hydrogen-bond donors (Lipinski definition) is 3. The van der Waals surface area contributed by atoms with Crippen LogP contribution in [0, 0.1) is 23.7 Å². The smallest absolute Gasteiger partial charge is 0.246 e. The minimum atomic E-state index is -1.11. The first-order valence-corrected chi connectivity index (χ1v) is 13.9. The molecule has 3 heterocycles. The highest BCUT2D eigenvalue weighted by atomic mass is 16.5. The van der Waals surface area contributed by atoms with Crippen LogP contribution in [0.3, 0.4) is 0 Å². The van der Waals surface area contributed by atoms with Crippen molar-refractivity contribution in [1.29, 1.82) is 0 Å². The summed E-state index contributed by atoms with van der Waals surface area (Å²) in [6, 6.07) is 7.85. The number of para-hydroxylation sites is 1. The van der Waals surface area contributed by atoms with E-state index < -0.39 is 35.1 Å². The van der Waals surface area contributed by atoms with Crippen LogP contribution < -0.4 is 10.6 Å². The summed E-state index contributed by atoms with van der Waals surface area (Å²) in [6.45, 7) is 7.59. The Bertz CT molecular complexity index is 1040. The van der Waals surface area contributed by atoms with Crippen LogP contribution in [0.2, 0.25) is 0 Å².